The number of benzene rings is 1. The summed E-state index contributed by atoms with van der Waals surface area (Å²) in [5, 5.41) is 1.45. The molecule has 1 N–H and O–H groups in total. The van der Waals surface area contributed by atoms with Gasteiger partial charge in [0, 0.05) is 17.1 Å². The van der Waals surface area contributed by atoms with Gasteiger partial charge in [-0.05, 0) is 42.4 Å². The Kier molecular flexibility index (Phi) is 2.47. The van der Waals surface area contributed by atoms with Crippen LogP contribution in [0, 0.1) is 0 Å². The number of aromatic amines is 1. The Labute approximate surface area is 96.9 Å². The van der Waals surface area contributed by atoms with Gasteiger partial charge in [0.25, 0.3) is 0 Å². The minimum atomic E-state index is 0.807. The van der Waals surface area contributed by atoms with Gasteiger partial charge in [0.2, 0.25) is 0 Å². The van der Waals surface area contributed by atoms with Crippen LogP contribution in [0.3, 0.4) is 0 Å². The molecule has 1 heteroatoms. The van der Waals surface area contributed by atoms with Gasteiger partial charge >= 0.3 is 0 Å². The van der Waals surface area contributed by atoms with Crippen molar-refractivity contribution in [3.05, 3.63) is 35.5 Å². The number of H-pyrrole nitrogens is 1. The molecule has 1 aromatic carbocycles. The van der Waals surface area contributed by atoms with Crippen LogP contribution >= 0.6 is 0 Å². The molecule has 16 heavy (non-hydrogen) atoms. The highest BCUT2D eigenvalue weighted by molar-refractivity contribution is 5.84. The number of rotatable bonds is 2. The van der Waals surface area contributed by atoms with Crippen molar-refractivity contribution in [2.75, 3.05) is 0 Å². The molecule has 1 aliphatic carbocycles. The molecule has 2 aromatic rings. The fourth-order valence-corrected chi connectivity index (χ4v) is 2.99. The summed E-state index contributed by atoms with van der Waals surface area (Å²) < 4.78 is 0. The number of hydrogen-bond acceptors (Lipinski definition) is 0. The summed E-state index contributed by atoms with van der Waals surface area (Å²) in [5.74, 6) is 0.807. The third kappa shape index (κ3) is 1.55. The Morgan fingerprint density at radius 1 is 1.25 bits per heavy atom. The number of aryl methyl sites for hydroxylation is 1. The molecule has 0 unspecified atom stereocenters. The minimum absolute atomic E-state index is 0.807. The molecule has 1 aromatic heterocycles. The molecule has 1 saturated carbocycles. The van der Waals surface area contributed by atoms with E-state index in [2.05, 4.69) is 36.3 Å². The number of nitrogens with one attached hydrogen (secondary N) is 1. The van der Waals surface area contributed by atoms with E-state index < -0.39 is 0 Å². The maximum absolute atomic E-state index is 3.44. The Morgan fingerprint density at radius 2 is 2.06 bits per heavy atom. The van der Waals surface area contributed by atoms with Gasteiger partial charge in [-0.2, -0.15) is 0 Å². The van der Waals surface area contributed by atoms with Crippen LogP contribution in [-0.2, 0) is 6.42 Å². The highest BCUT2D eigenvalue weighted by Crippen LogP contribution is 2.37. The zero-order valence-electron chi connectivity index (χ0n) is 9.92. The monoisotopic (exact) mass is 213 g/mol. The minimum Gasteiger partial charge on any atom is -0.361 e. The standard InChI is InChI=1S/C15H19N/c1-2-11-7-8-13-14(10-16-15(13)9-11)12-5-3-4-6-12/h7-10,12,16H,2-6H2,1H3. The number of aromatic nitrogens is 1. The van der Waals surface area contributed by atoms with Crippen molar-refractivity contribution in [2.24, 2.45) is 0 Å². The van der Waals surface area contributed by atoms with Gasteiger partial charge < -0.3 is 4.98 Å². The molecule has 0 aliphatic heterocycles. The number of hydrogen-bond donors (Lipinski definition) is 1. The molecule has 1 aliphatic rings. The summed E-state index contributed by atoms with van der Waals surface area (Å²) >= 11 is 0. The van der Waals surface area contributed by atoms with Crippen molar-refractivity contribution in [2.45, 2.75) is 44.9 Å². The van der Waals surface area contributed by atoms with Crippen LogP contribution in [0.25, 0.3) is 10.9 Å². The number of fused-ring (bicyclic) bond motifs is 1. The Balaban J connectivity index is 2.06. The van der Waals surface area contributed by atoms with Crippen LogP contribution in [0.15, 0.2) is 24.4 Å². The zero-order valence-corrected chi connectivity index (χ0v) is 9.92. The Hall–Kier alpha value is -1.24. The highest BCUT2D eigenvalue weighted by Gasteiger charge is 2.19. The van der Waals surface area contributed by atoms with Crippen LogP contribution in [0.5, 0.6) is 0 Å². The van der Waals surface area contributed by atoms with E-state index in [9.17, 15) is 0 Å². The molecular weight excluding hydrogens is 194 g/mol. The van der Waals surface area contributed by atoms with Gasteiger partial charge in [-0.1, -0.05) is 31.9 Å². The molecule has 84 valence electrons. The average Bonchev–Trinajstić information content (AvgIpc) is 2.96. The summed E-state index contributed by atoms with van der Waals surface area (Å²) in [6.07, 6.45) is 8.92. The van der Waals surface area contributed by atoms with Crippen molar-refractivity contribution < 1.29 is 0 Å². The van der Waals surface area contributed by atoms with Crippen LogP contribution in [0.4, 0.5) is 0 Å². The maximum atomic E-state index is 3.44. The summed E-state index contributed by atoms with van der Waals surface area (Å²) in [7, 11) is 0. The summed E-state index contributed by atoms with van der Waals surface area (Å²) in [6, 6.07) is 6.88. The lowest BCUT2D eigenvalue weighted by molar-refractivity contribution is 0.729. The van der Waals surface area contributed by atoms with Crippen LogP contribution < -0.4 is 0 Å². The quantitative estimate of drug-likeness (QED) is 0.761. The van der Waals surface area contributed by atoms with Crippen molar-refractivity contribution in [3.8, 4) is 0 Å². The van der Waals surface area contributed by atoms with Crippen LogP contribution in [0.2, 0.25) is 0 Å². The van der Waals surface area contributed by atoms with Gasteiger partial charge in [-0.3, -0.25) is 0 Å². The van der Waals surface area contributed by atoms with E-state index in [0.717, 1.165) is 12.3 Å². The first-order valence-electron chi connectivity index (χ1n) is 6.48. The predicted octanol–water partition coefficient (Wildman–Crippen LogP) is 4.39. The molecular formula is C15H19N. The second-order valence-corrected chi connectivity index (χ2v) is 4.96. The van der Waals surface area contributed by atoms with Crippen molar-refractivity contribution in [1.82, 2.24) is 4.98 Å². The first kappa shape index (κ1) is 9.95. The summed E-state index contributed by atoms with van der Waals surface area (Å²) in [5.41, 5.74) is 4.30. The van der Waals surface area contributed by atoms with Gasteiger partial charge in [-0.15, -0.1) is 0 Å². The molecule has 0 saturated heterocycles. The first-order chi connectivity index (χ1) is 7.88. The molecule has 0 bridgehead atoms. The maximum Gasteiger partial charge on any atom is 0.0459 e. The SMILES string of the molecule is CCc1ccc2c(C3CCCC3)c[nH]c2c1. The molecule has 0 amide bonds. The van der Waals surface area contributed by atoms with Gasteiger partial charge in [-0.25, -0.2) is 0 Å². The smallest absolute Gasteiger partial charge is 0.0459 e. The van der Waals surface area contributed by atoms with Crippen LogP contribution in [-0.4, -0.2) is 4.98 Å². The molecule has 3 rings (SSSR count). The molecule has 1 fully saturated rings. The van der Waals surface area contributed by atoms with E-state index >= 15 is 0 Å². The predicted molar refractivity (Wildman–Crippen MR) is 68.9 cm³/mol. The fraction of sp³-hybridized carbons (Fsp3) is 0.467. The second-order valence-electron chi connectivity index (χ2n) is 4.96. The lowest BCUT2D eigenvalue weighted by Gasteiger charge is -2.07. The van der Waals surface area contributed by atoms with Crippen molar-refractivity contribution in [1.29, 1.82) is 0 Å². The third-order valence-electron chi connectivity index (χ3n) is 3.98. The van der Waals surface area contributed by atoms with E-state index in [4.69, 9.17) is 0 Å². The Morgan fingerprint density at radius 3 is 2.81 bits per heavy atom. The zero-order chi connectivity index (χ0) is 11.0. The lowest BCUT2D eigenvalue weighted by Crippen LogP contribution is -1.89. The lowest BCUT2D eigenvalue weighted by atomic mass is 9.96. The highest BCUT2D eigenvalue weighted by atomic mass is 14.7. The van der Waals surface area contributed by atoms with Gasteiger partial charge in [0.15, 0.2) is 0 Å². The Bertz CT molecular complexity index is 489. The largest absolute Gasteiger partial charge is 0.361 e. The van der Waals surface area contributed by atoms with E-state index in [1.807, 2.05) is 0 Å². The molecule has 0 radical (unpaired) electrons. The van der Waals surface area contributed by atoms with Gasteiger partial charge in [0.05, 0.1) is 0 Å². The van der Waals surface area contributed by atoms with E-state index in [0.29, 0.717) is 0 Å². The van der Waals surface area contributed by atoms with E-state index in [1.54, 1.807) is 5.56 Å². The van der Waals surface area contributed by atoms with E-state index in [-0.39, 0.29) is 0 Å². The van der Waals surface area contributed by atoms with Crippen LogP contribution in [0.1, 0.15) is 49.7 Å². The molecule has 0 spiro atoms. The summed E-state index contributed by atoms with van der Waals surface area (Å²) in [4.78, 5) is 3.44. The third-order valence-corrected chi connectivity index (χ3v) is 3.98. The molecule has 0 atom stereocenters. The normalized spacial score (nSPS) is 17.3. The molecule has 1 nitrogen and oxygen atoms in total. The van der Waals surface area contributed by atoms with E-state index in [1.165, 1.54) is 42.1 Å². The van der Waals surface area contributed by atoms with Crippen molar-refractivity contribution >= 4 is 10.9 Å². The fourth-order valence-electron chi connectivity index (χ4n) is 2.99. The summed E-state index contributed by atoms with van der Waals surface area (Å²) in [6.45, 7) is 2.21. The molecule has 1 heterocycles. The van der Waals surface area contributed by atoms with Crippen molar-refractivity contribution in [3.63, 3.8) is 0 Å². The van der Waals surface area contributed by atoms with Gasteiger partial charge in [0.1, 0.15) is 0 Å². The topological polar surface area (TPSA) is 15.8 Å². The first-order valence-corrected chi connectivity index (χ1v) is 6.48. The second kappa shape index (κ2) is 3.97. The average molecular weight is 213 g/mol.